The van der Waals surface area contributed by atoms with Crippen molar-refractivity contribution in [2.75, 3.05) is 0 Å². The summed E-state index contributed by atoms with van der Waals surface area (Å²) in [6.45, 7) is 0. The minimum atomic E-state index is -0.446. The number of aliphatic imine (C=N–C) groups is 2. The summed E-state index contributed by atoms with van der Waals surface area (Å²) < 4.78 is 2.56. The number of rotatable bonds is 5. The van der Waals surface area contributed by atoms with E-state index in [2.05, 4.69) is 72.0 Å². The van der Waals surface area contributed by atoms with Crippen LogP contribution in [-0.2, 0) is 0 Å². The van der Waals surface area contributed by atoms with E-state index >= 15 is 0 Å². The lowest BCUT2D eigenvalue weighted by Crippen LogP contribution is -2.35. The number of aromatic nitrogens is 1. The van der Waals surface area contributed by atoms with E-state index in [9.17, 15) is 10.8 Å². The Morgan fingerprint density at radius 3 is 2.08 bits per heavy atom. The fourth-order valence-electron chi connectivity index (χ4n) is 7.41. The van der Waals surface area contributed by atoms with E-state index in [0.717, 1.165) is 44.4 Å². The van der Waals surface area contributed by atoms with E-state index in [-0.39, 0.29) is 11.4 Å². The van der Waals surface area contributed by atoms with Crippen molar-refractivity contribution in [1.29, 1.82) is 10.8 Å². The molecule has 1 aliphatic heterocycles. The van der Waals surface area contributed by atoms with Crippen LogP contribution < -0.4 is 5.32 Å². The Labute approximate surface area is 309 Å². The van der Waals surface area contributed by atoms with Gasteiger partial charge in [-0.2, -0.15) is 0 Å². The van der Waals surface area contributed by atoms with Crippen LogP contribution in [0.15, 0.2) is 167 Å². The first-order valence-corrected chi connectivity index (χ1v) is 18.3. The zero-order valence-corrected chi connectivity index (χ0v) is 29.2. The molecule has 6 aromatic carbocycles. The lowest BCUT2D eigenvalue weighted by molar-refractivity contribution is 0.674. The minimum Gasteiger partial charge on any atom is -0.344 e. The Morgan fingerprint density at radius 2 is 1.26 bits per heavy atom. The van der Waals surface area contributed by atoms with Gasteiger partial charge in [-0.25, -0.2) is 15.0 Å². The third kappa shape index (κ3) is 5.21. The molecule has 0 bridgehead atoms. The Balaban J connectivity index is 1.11. The first-order valence-electron chi connectivity index (χ1n) is 17.5. The molecule has 0 fully saturated rings. The van der Waals surface area contributed by atoms with Gasteiger partial charge in [-0.15, -0.1) is 11.3 Å². The Hall–Kier alpha value is -6.83. The van der Waals surface area contributed by atoms with Crippen molar-refractivity contribution in [3.63, 3.8) is 0 Å². The number of benzene rings is 6. The van der Waals surface area contributed by atoms with Gasteiger partial charge in [0.05, 0.1) is 22.6 Å². The second kappa shape index (κ2) is 12.4. The van der Waals surface area contributed by atoms with Gasteiger partial charge < -0.3 is 5.32 Å². The summed E-state index contributed by atoms with van der Waals surface area (Å²) >= 11 is 1.82. The highest BCUT2D eigenvalue weighted by molar-refractivity contribution is 7.26. The van der Waals surface area contributed by atoms with E-state index in [4.69, 9.17) is 15.0 Å². The van der Waals surface area contributed by atoms with Crippen LogP contribution in [0.1, 0.15) is 28.4 Å². The van der Waals surface area contributed by atoms with Gasteiger partial charge in [0.2, 0.25) is 0 Å². The Morgan fingerprint density at radius 1 is 0.585 bits per heavy atom. The molecule has 1 unspecified atom stereocenters. The van der Waals surface area contributed by atoms with Crippen molar-refractivity contribution in [3.8, 4) is 22.4 Å². The first kappa shape index (κ1) is 30.9. The zero-order valence-electron chi connectivity index (χ0n) is 28.3. The van der Waals surface area contributed by atoms with Crippen molar-refractivity contribution < 1.29 is 0 Å². The predicted molar refractivity (Wildman–Crippen MR) is 221 cm³/mol. The molecule has 0 saturated carbocycles. The van der Waals surface area contributed by atoms with Crippen molar-refractivity contribution in [1.82, 2.24) is 10.3 Å². The maximum absolute atomic E-state index is 9.38. The van der Waals surface area contributed by atoms with Crippen molar-refractivity contribution in [2.24, 2.45) is 9.98 Å². The van der Waals surface area contributed by atoms with E-state index in [0.29, 0.717) is 22.8 Å². The summed E-state index contributed by atoms with van der Waals surface area (Å²) in [7, 11) is 0. The van der Waals surface area contributed by atoms with Crippen LogP contribution in [0.5, 0.6) is 0 Å². The number of thiophene rings is 1. The maximum Gasteiger partial charge on any atom is 0.161 e. The van der Waals surface area contributed by atoms with Gasteiger partial charge in [0.25, 0.3) is 0 Å². The van der Waals surface area contributed by atoms with E-state index in [1.54, 1.807) is 0 Å². The summed E-state index contributed by atoms with van der Waals surface area (Å²) in [5.74, 6) is 1.06. The third-order valence-electron chi connectivity index (χ3n) is 10.0. The van der Waals surface area contributed by atoms with Gasteiger partial charge in [0.15, 0.2) is 5.84 Å². The fraction of sp³-hybridized carbons (Fsp3) is 0.0217. The van der Waals surface area contributed by atoms with Crippen molar-refractivity contribution in [2.45, 2.75) is 6.17 Å². The van der Waals surface area contributed by atoms with Gasteiger partial charge in [0, 0.05) is 53.4 Å². The van der Waals surface area contributed by atoms with Gasteiger partial charge >= 0.3 is 0 Å². The molecule has 8 aromatic rings. The highest BCUT2D eigenvalue weighted by atomic mass is 32.1. The largest absolute Gasteiger partial charge is 0.344 e. The summed E-state index contributed by atoms with van der Waals surface area (Å²) in [5, 5.41) is 25.7. The molecule has 2 aromatic heterocycles. The number of amidine groups is 2. The number of pyridine rings is 1. The lowest BCUT2D eigenvalue weighted by Gasteiger charge is -2.27. The minimum absolute atomic E-state index is 0.0789. The van der Waals surface area contributed by atoms with Crippen molar-refractivity contribution in [3.05, 3.63) is 179 Å². The standard InChI is InChI=1S/C46H30N6S/c47-40-36(26-35-39(41(40)48)34-17-7-9-20-37(34)49-42(35)28-12-3-1-4-13-28)46-51-44(29-14-5-2-6-15-29)50-45(52-46)30-24-22-27(23-25-30)31-18-11-19-33-32-16-8-10-21-38(32)53-43(31)33/h1-26,44,47-48H,(H,50,51,52). The number of hydrogen-bond acceptors (Lipinski definition) is 7. The average molecular weight is 699 g/mol. The van der Waals surface area contributed by atoms with Crippen LogP contribution in [0.3, 0.4) is 0 Å². The molecule has 1 atom stereocenters. The molecule has 0 radical (unpaired) electrons. The van der Waals surface area contributed by atoms with E-state index in [1.165, 1.54) is 25.7 Å². The summed E-state index contributed by atoms with van der Waals surface area (Å²) in [6, 6.07) is 51.5. The number of nitrogens with one attached hydrogen (secondary N) is 3. The first-order chi connectivity index (χ1) is 26.1. The molecule has 250 valence electrons. The summed E-state index contributed by atoms with van der Waals surface area (Å²) in [5.41, 5.74) is 8.89. The molecule has 53 heavy (non-hydrogen) atoms. The molecule has 10 rings (SSSR count). The molecule has 0 amide bonds. The van der Waals surface area contributed by atoms with Gasteiger partial charge in [-0.05, 0) is 34.9 Å². The molecule has 0 spiro atoms. The lowest BCUT2D eigenvalue weighted by atomic mass is 9.84. The smallest absolute Gasteiger partial charge is 0.161 e. The molecule has 7 heteroatoms. The molecular formula is C46H30N6S. The van der Waals surface area contributed by atoms with Gasteiger partial charge in [0.1, 0.15) is 12.0 Å². The molecule has 0 saturated heterocycles. The van der Waals surface area contributed by atoms with Crippen molar-refractivity contribution >= 4 is 71.6 Å². The fourth-order valence-corrected chi connectivity index (χ4v) is 8.65. The highest BCUT2D eigenvalue weighted by Gasteiger charge is 2.31. The second-order valence-corrected chi connectivity index (χ2v) is 14.2. The van der Waals surface area contributed by atoms with E-state index in [1.807, 2.05) is 102 Å². The van der Waals surface area contributed by atoms with Crippen LogP contribution in [-0.4, -0.2) is 28.1 Å². The number of para-hydroxylation sites is 1. The Kier molecular flexibility index (Phi) is 7.26. The predicted octanol–water partition coefficient (Wildman–Crippen LogP) is 10.9. The summed E-state index contributed by atoms with van der Waals surface area (Å²) in [4.78, 5) is 15.3. The van der Waals surface area contributed by atoms with Gasteiger partial charge in [-0.3, -0.25) is 10.8 Å². The molecule has 3 N–H and O–H groups in total. The molecule has 1 aliphatic carbocycles. The molecule has 6 nitrogen and oxygen atoms in total. The third-order valence-corrected chi connectivity index (χ3v) is 11.2. The number of fused-ring (bicyclic) bond motifs is 6. The molecular weight excluding hydrogens is 669 g/mol. The van der Waals surface area contributed by atoms with Crippen LogP contribution in [0.4, 0.5) is 0 Å². The second-order valence-electron chi connectivity index (χ2n) is 13.2. The number of hydrogen-bond donors (Lipinski definition) is 3. The monoisotopic (exact) mass is 698 g/mol. The quantitative estimate of drug-likeness (QED) is 0.167. The van der Waals surface area contributed by atoms with Gasteiger partial charge in [-0.1, -0.05) is 140 Å². The average Bonchev–Trinajstić information content (AvgIpc) is 3.61. The summed E-state index contributed by atoms with van der Waals surface area (Å²) in [6.07, 6.45) is 1.51. The SMILES string of the molecule is N=C1C(=N)c2c(c(-c3ccccc3)nc3ccccc23)C=C1C1=NC(c2ccccc2)NC(c2ccc(-c3cccc4c3sc3ccccc34)cc2)=N1. The highest BCUT2D eigenvalue weighted by Crippen LogP contribution is 2.40. The Bertz CT molecular complexity index is 2890. The topological polar surface area (TPSA) is 97.3 Å². The van der Waals surface area contributed by atoms with Crippen LogP contribution >= 0.6 is 11.3 Å². The molecule has 2 aliphatic rings. The van der Waals surface area contributed by atoms with Crippen LogP contribution in [0.25, 0.3) is 59.5 Å². The van der Waals surface area contributed by atoms with Crippen LogP contribution in [0.2, 0.25) is 0 Å². The van der Waals surface area contributed by atoms with Crippen LogP contribution in [0, 0.1) is 10.8 Å². The number of nitrogens with zero attached hydrogens (tertiary/aromatic N) is 3. The van der Waals surface area contributed by atoms with E-state index < -0.39 is 6.17 Å². The molecule has 3 heterocycles. The zero-order chi connectivity index (χ0) is 35.5. The maximum atomic E-state index is 9.38. The normalized spacial score (nSPS) is 15.5.